The second-order valence-corrected chi connectivity index (χ2v) is 4.03. The summed E-state index contributed by atoms with van der Waals surface area (Å²) in [7, 11) is 0. The van der Waals surface area contributed by atoms with Crippen LogP contribution in [0, 0.1) is 0 Å². The fourth-order valence-corrected chi connectivity index (χ4v) is 1.89. The van der Waals surface area contributed by atoms with Gasteiger partial charge in [0, 0.05) is 5.56 Å². The predicted octanol–water partition coefficient (Wildman–Crippen LogP) is 5.21. The molecule has 0 radical (unpaired) electrons. The summed E-state index contributed by atoms with van der Waals surface area (Å²) in [6.07, 6.45) is 0. The topological polar surface area (TPSA) is 24.7 Å². The maximum absolute atomic E-state index is 4.32. The SMILES string of the molecule is c1ccc(N=Nc2ccc3cccccc2-3)cc1. The largest absolute Gasteiger partial charge is 0.151 e. The lowest BCUT2D eigenvalue weighted by Gasteiger charge is -1.94. The van der Waals surface area contributed by atoms with Crippen LogP contribution in [0.1, 0.15) is 0 Å². The van der Waals surface area contributed by atoms with Crippen LogP contribution in [0.3, 0.4) is 0 Å². The number of fused-ring (bicyclic) bond motifs is 1. The molecule has 0 aromatic heterocycles. The van der Waals surface area contributed by atoms with E-state index in [1.54, 1.807) is 0 Å². The van der Waals surface area contributed by atoms with Gasteiger partial charge in [-0.3, -0.25) is 0 Å². The van der Waals surface area contributed by atoms with Gasteiger partial charge in [0.15, 0.2) is 0 Å². The third-order valence-corrected chi connectivity index (χ3v) is 2.80. The Labute approximate surface area is 106 Å². The molecule has 0 saturated heterocycles. The first kappa shape index (κ1) is 10.7. The first-order valence-electron chi connectivity index (χ1n) is 5.88. The molecule has 1 aromatic rings. The molecule has 0 N–H and O–H groups in total. The van der Waals surface area contributed by atoms with Crippen LogP contribution < -0.4 is 0 Å². The molecule has 2 aliphatic carbocycles. The molecule has 0 saturated carbocycles. The summed E-state index contributed by atoms with van der Waals surface area (Å²) in [6, 6.07) is 24.0. The number of azo groups is 1. The lowest BCUT2D eigenvalue weighted by molar-refractivity contribution is 1.24. The van der Waals surface area contributed by atoms with E-state index in [0.29, 0.717) is 0 Å². The van der Waals surface area contributed by atoms with E-state index in [1.807, 2.05) is 54.6 Å². The summed E-state index contributed by atoms with van der Waals surface area (Å²) >= 11 is 0. The molecule has 18 heavy (non-hydrogen) atoms. The molecule has 0 bridgehead atoms. The minimum Gasteiger partial charge on any atom is -0.151 e. The molecule has 3 rings (SSSR count). The van der Waals surface area contributed by atoms with Gasteiger partial charge in [0.05, 0.1) is 11.4 Å². The molecule has 0 atom stereocenters. The van der Waals surface area contributed by atoms with Crippen molar-refractivity contribution in [1.82, 2.24) is 0 Å². The highest BCUT2D eigenvalue weighted by Gasteiger charge is 2.06. The van der Waals surface area contributed by atoms with Crippen LogP contribution >= 0.6 is 0 Å². The highest BCUT2D eigenvalue weighted by atomic mass is 15.1. The van der Waals surface area contributed by atoms with Crippen LogP contribution in [-0.2, 0) is 0 Å². The Balaban J connectivity index is 1.96. The second-order valence-electron chi connectivity index (χ2n) is 4.03. The lowest BCUT2D eigenvalue weighted by Crippen LogP contribution is -1.65. The van der Waals surface area contributed by atoms with E-state index in [-0.39, 0.29) is 0 Å². The van der Waals surface area contributed by atoms with Gasteiger partial charge in [-0.05, 0) is 23.8 Å². The Bertz CT molecular complexity index is 644. The van der Waals surface area contributed by atoms with Crippen molar-refractivity contribution in [2.75, 3.05) is 0 Å². The van der Waals surface area contributed by atoms with Gasteiger partial charge in [0.25, 0.3) is 0 Å². The molecule has 86 valence electrons. The van der Waals surface area contributed by atoms with Crippen LogP contribution in [0.5, 0.6) is 0 Å². The zero-order valence-electron chi connectivity index (χ0n) is 9.82. The maximum atomic E-state index is 4.32. The first-order chi connectivity index (χ1) is 8.93. The molecule has 2 aliphatic rings. The van der Waals surface area contributed by atoms with E-state index in [0.717, 1.165) is 16.9 Å². The Morgan fingerprint density at radius 1 is 0.556 bits per heavy atom. The zero-order chi connectivity index (χ0) is 12.2. The molecule has 1 aromatic carbocycles. The number of hydrogen-bond donors (Lipinski definition) is 0. The van der Waals surface area contributed by atoms with E-state index in [2.05, 4.69) is 28.4 Å². The number of benzene rings is 1. The molecular weight excluding hydrogens is 220 g/mol. The van der Waals surface area contributed by atoms with E-state index in [4.69, 9.17) is 0 Å². The van der Waals surface area contributed by atoms with Crippen molar-refractivity contribution in [2.45, 2.75) is 0 Å². The monoisotopic (exact) mass is 232 g/mol. The van der Waals surface area contributed by atoms with Crippen molar-refractivity contribution >= 4 is 11.4 Å². The maximum Gasteiger partial charge on any atom is 0.0935 e. The minimum atomic E-state index is 0.868. The van der Waals surface area contributed by atoms with Crippen LogP contribution in [0.2, 0.25) is 0 Å². The summed E-state index contributed by atoms with van der Waals surface area (Å²) < 4.78 is 0. The summed E-state index contributed by atoms with van der Waals surface area (Å²) in [4.78, 5) is 0. The smallest absolute Gasteiger partial charge is 0.0935 e. The fraction of sp³-hybridized carbons (Fsp3) is 0. The average Bonchev–Trinajstić information content (AvgIpc) is 2.65. The highest BCUT2D eigenvalue weighted by Crippen LogP contribution is 2.34. The van der Waals surface area contributed by atoms with Crippen molar-refractivity contribution < 1.29 is 0 Å². The van der Waals surface area contributed by atoms with Crippen molar-refractivity contribution in [1.29, 1.82) is 0 Å². The fourth-order valence-electron chi connectivity index (χ4n) is 1.89. The summed E-state index contributed by atoms with van der Waals surface area (Å²) in [5.74, 6) is 0. The quantitative estimate of drug-likeness (QED) is 0.542. The van der Waals surface area contributed by atoms with Gasteiger partial charge >= 0.3 is 0 Å². The number of rotatable bonds is 2. The summed E-state index contributed by atoms with van der Waals surface area (Å²) in [5.41, 5.74) is 4.08. The normalized spacial score (nSPS) is 11.1. The Kier molecular flexibility index (Phi) is 2.84. The van der Waals surface area contributed by atoms with E-state index in [1.165, 1.54) is 5.56 Å². The number of nitrogens with zero attached hydrogens (tertiary/aromatic N) is 2. The molecular formula is C16H12N2. The standard InChI is InChI=1S/C16H12N2/c1-3-7-13-11-12-16(15(13)10-6-1)18-17-14-8-4-2-5-9-14/h1-12H. The summed E-state index contributed by atoms with van der Waals surface area (Å²) in [5, 5.41) is 8.56. The van der Waals surface area contributed by atoms with E-state index >= 15 is 0 Å². The van der Waals surface area contributed by atoms with E-state index < -0.39 is 0 Å². The third kappa shape index (κ3) is 2.13. The van der Waals surface area contributed by atoms with Crippen LogP contribution in [-0.4, -0.2) is 0 Å². The van der Waals surface area contributed by atoms with Gasteiger partial charge < -0.3 is 0 Å². The molecule has 0 aliphatic heterocycles. The zero-order valence-corrected chi connectivity index (χ0v) is 9.82. The van der Waals surface area contributed by atoms with Gasteiger partial charge in [-0.2, -0.15) is 5.11 Å². The molecule has 0 spiro atoms. The van der Waals surface area contributed by atoms with Gasteiger partial charge in [0.2, 0.25) is 0 Å². The predicted molar refractivity (Wildman–Crippen MR) is 73.7 cm³/mol. The van der Waals surface area contributed by atoms with Crippen molar-refractivity contribution in [2.24, 2.45) is 10.2 Å². The molecule has 0 heterocycles. The van der Waals surface area contributed by atoms with Crippen molar-refractivity contribution in [3.63, 3.8) is 0 Å². The van der Waals surface area contributed by atoms with Gasteiger partial charge in [-0.15, -0.1) is 5.11 Å². The molecule has 2 nitrogen and oxygen atoms in total. The van der Waals surface area contributed by atoms with Crippen LogP contribution in [0.25, 0.3) is 11.1 Å². The minimum absolute atomic E-state index is 0.868. The van der Waals surface area contributed by atoms with E-state index in [9.17, 15) is 0 Å². The van der Waals surface area contributed by atoms with Gasteiger partial charge in [-0.1, -0.05) is 54.6 Å². The third-order valence-electron chi connectivity index (χ3n) is 2.80. The Hall–Kier alpha value is -2.48. The Morgan fingerprint density at radius 3 is 2.11 bits per heavy atom. The molecule has 2 heteroatoms. The highest BCUT2D eigenvalue weighted by molar-refractivity contribution is 5.79. The molecule has 0 amide bonds. The van der Waals surface area contributed by atoms with Crippen molar-refractivity contribution in [3.05, 3.63) is 72.8 Å². The second kappa shape index (κ2) is 4.80. The van der Waals surface area contributed by atoms with Crippen molar-refractivity contribution in [3.8, 4) is 11.1 Å². The lowest BCUT2D eigenvalue weighted by atomic mass is 10.2. The molecule has 0 unspecified atom stereocenters. The van der Waals surface area contributed by atoms with Gasteiger partial charge in [-0.25, -0.2) is 0 Å². The molecule has 0 fully saturated rings. The first-order valence-corrected chi connectivity index (χ1v) is 5.88. The summed E-state index contributed by atoms with van der Waals surface area (Å²) in [6.45, 7) is 0. The Morgan fingerprint density at radius 2 is 1.28 bits per heavy atom. The van der Waals surface area contributed by atoms with Crippen LogP contribution in [0.15, 0.2) is 83.0 Å². The van der Waals surface area contributed by atoms with Gasteiger partial charge in [0.1, 0.15) is 0 Å². The van der Waals surface area contributed by atoms with Crippen LogP contribution in [0.4, 0.5) is 11.4 Å². The number of hydrogen-bond acceptors (Lipinski definition) is 2. The average molecular weight is 232 g/mol.